The first-order valence-corrected chi connectivity index (χ1v) is 52.6. The Kier molecular flexibility index (Phi) is 22.2. The summed E-state index contributed by atoms with van der Waals surface area (Å²) in [7, 11) is 8.80. The van der Waals surface area contributed by atoms with Gasteiger partial charge >= 0.3 is 0 Å². The predicted molar refractivity (Wildman–Crippen MR) is 642 cm³/mol. The van der Waals surface area contributed by atoms with Crippen LogP contribution in [0.3, 0.4) is 0 Å². The van der Waals surface area contributed by atoms with E-state index in [9.17, 15) is 0 Å². The molecule has 0 bridgehead atoms. The van der Waals surface area contributed by atoms with Gasteiger partial charge in [-0.1, -0.05) is 386 Å². The second-order valence-electron chi connectivity index (χ2n) is 43.0. The van der Waals surface area contributed by atoms with Gasteiger partial charge in [-0.15, -0.1) is 0 Å². The Morgan fingerprint density at radius 3 is 0.920 bits per heavy atom. The number of nitrogens with zero attached hydrogens (tertiary/aromatic N) is 8. The first kappa shape index (κ1) is 91.9. The highest BCUT2D eigenvalue weighted by molar-refractivity contribution is 6.33. The molecule has 29 aromatic rings. The SMILES string of the molecule is Cc1c(-c2ccccc2)c2c(c3ccccc3n2C)c2c1c1ccccc1n2C.Cc1c(-c2ccccc2)c2c3ccccc3n(C)c2c2c3ccccc3n(C)c12.Cc1cccc(-n2c3ccccc3c3ccc4c(c5ccccc5n4-c4cccc(-c5cc(C)cc(C(C)(C)CC(C)(C)C)c5)c4)c32)c1.c1ccc(-c2cccc(-n3c4ccccc4c4c3ccc3c5ccccc5n(-c5cccc(-c6ccccc6)c5)c34)c2)cc1. The highest BCUT2D eigenvalue weighted by Crippen LogP contribution is 2.52. The molecule has 0 aliphatic carbocycles. The summed E-state index contributed by atoms with van der Waals surface area (Å²) in [6.45, 7) is 20.8. The highest BCUT2D eigenvalue weighted by Gasteiger charge is 2.32. The van der Waals surface area contributed by atoms with Crippen molar-refractivity contribution < 1.29 is 0 Å². The van der Waals surface area contributed by atoms with Crippen LogP contribution in [0.2, 0.25) is 0 Å². The van der Waals surface area contributed by atoms with Gasteiger partial charge < -0.3 is 36.5 Å². The molecular weight excluding hydrogens is 1820 g/mol. The molecule has 0 aliphatic rings. The van der Waals surface area contributed by atoms with Crippen LogP contribution in [0.4, 0.5) is 0 Å². The first-order chi connectivity index (χ1) is 73.2. The van der Waals surface area contributed by atoms with Gasteiger partial charge in [-0.05, 0) is 226 Å². The van der Waals surface area contributed by atoms with Crippen molar-refractivity contribution in [1.82, 2.24) is 36.5 Å². The van der Waals surface area contributed by atoms with E-state index in [-0.39, 0.29) is 10.8 Å². The average Bonchev–Trinajstić information content (AvgIpc) is 1.56. The summed E-state index contributed by atoms with van der Waals surface area (Å²) in [5.74, 6) is 0. The summed E-state index contributed by atoms with van der Waals surface area (Å²) in [4.78, 5) is 0. The van der Waals surface area contributed by atoms with Crippen LogP contribution in [-0.4, -0.2) is 36.5 Å². The van der Waals surface area contributed by atoms with Crippen LogP contribution in [0.25, 0.3) is 253 Å². The molecule has 0 saturated heterocycles. The monoisotopic (exact) mass is 1930 g/mol. The Bertz CT molecular complexity index is 10500. The van der Waals surface area contributed by atoms with Gasteiger partial charge in [0.15, 0.2) is 0 Å². The molecule has 0 amide bonds. The van der Waals surface area contributed by atoms with E-state index in [4.69, 9.17) is 0 Å². The van der Waals surface area contributed by atoms with Crippen molar-refractivity contribution in [2.24, 2.45) is 33.6 Å². The van der Waals surface area contributed by atoms with Crippen LogP contribution in [0.1, 0.15) is 68.9 Å². The van der Waals surface area contributed by atoms with Gasteiger partial charge in [-0.25, -0.2) is 0 Å². The number of benzene rings is 21. The number of para-hydroxylation sites is 8. The molecule has 8 aromatic heterocycles. The maximum absolute atomic E-state index is 2.47. The number of rotatable bonds is 11. The van der Waals surface area contributed by atoms with Gasteiger partial charge in [-0.2, -0.15) is 0 Å². The van der Waals surface area contributed by atoms with E-state index in [0.717, 1.165) is 17.8 Å². The Morgan fingerprint density at radius 2 is 0.493 bits per heavy atom. The first-order valence-electron chi connectivity index (χ1n) is 52.6. The summed E-state index contributed by atoms with van der Waals surface area (Å²) in [6, 6.07) is 166. The van der Waals surface area contributed by atoms with Crippen molar-refractivity contribution in [1.29, 1.82) is 0 Å². The quantitative estimate of drug-likeness (QED) is 0.124. The van der Waals surface area contributed by atoms with Crippen molar-refractivity contribution in [3.8, 4) is 78.4 Å². The maximum atomic E-state index is 2.47. The summed E-state index contributed by atoms with van der Waals surface area (Å²) >= 11 is 0. The predicted octanol–water partition coefficient (Wildman–Crippen LogP) is 38.0. The lowest BCUT2D eigenvalue weighted by atomic mass is 9.71. The Morgan fingerprint density at radius 1 is 0.180 bits per heavy atom. The normalized spacial score (nSPS) is 12.1. The van der Waals surface area contributed by atoms with Crippen molar-refractivity contribution >= 4 is 174 Å². The fourth-order valence-electron chi connectivity index (χ4n) is 25.9. The van der Waals surface area contributed by atoms with Gasteiger partial charge in [0, 0.05) is 165 Å². The molecular formula is C142H116N8. The van der Waals surface area contributed by atoms with E-state index >= 15 is 0 Å². The zero-order valence-corrected chi connectivity index (χ0v) is 87.1. The lowest BCUT2D eigenvalue weighted by Gasteiger charge is -2.33. The van der Waals surface area contributed by atoms with E-state index < -0.39 is 0 Å². The molecule has 0 atom stereocenters. The molecule has 8 heteroatoms. The molecule has 0 spiro atoms. The minimum Gasteiger partial charge on any atom is -0.343 e. The minimum atomic E-state index is 0.0740. The standard InChI is InChI=1S/C46H44N2.C42H28N2.2C27H22N2/c1-30-14-12-16-35(26-30)48-40-20-10-8-18-37(40)38-22-23-42-43(44(38)48)39-19-9-11-21-41(39)47(42)36-17-13-15-32(28-36)33-24-31(2)25-34(27-33)46(6,7)29-45(3,4)5;1-3-13-29(14-4-1)31-17-11-19-33(27-31)43-39-24-10-8-22-37(39)41-40(43)26-25-36-35-21-7-9-23-38(35)44(42(36)41)34-20-12-18-32(28-34)30-15-5-2-6-16-30;1-17-23(18-11-5-4-6-12-18)24-19-13-7-9-15-21(19)29(3)27(24)25-20-14-8-10-16-22(20)28(2)26(17)25;1-17-23(18-11-5-4-6-12-18)26-25(20-14-8-10-16-22(20)28(26)2)27-24(17)19-13-7-9-15-21(19)29(27)3/h8-28H,29H2,1-7H3;1-28H;2*4-16H,1-3H3. The zero-order chi connectivity index (χ0) is 102. The molecule has 8 nitrogen and oxygen atoms in total. The van der Waals surface area contributed by atoms with E-state index in [1.165, 1.54) is 269 Å². The average molecular weight is 1930 g/mol. The van der Waals surface area contributed by atoms with Gasteiger partial charge in [0.25, 0.3) is 0 Å². The third-order valence-electron chi connectivity index (χ3n) is 31.9. The molecule has 0 aliphatic heterocycles. The molecule has 150 heavy (non-hydrogen) atoms. The maximum Gasteiger partial charge on any atom is 0.0641 e. The Balaban J connectivity index is 0.000000103. The van der Waals surface area contributed by atoms with Crippen LogP contribution >= 0.6 is 0 Å². The van der Waals surface area contributed by atoms with Crippen LogP contribution in [0.5, 0.6) is 0 Å². The number of hydrogen-bond acceptors (Lipinski definition) is 0. The van der Waals surface area contributed by atoms with Gasteiger partial charge in [0.05, 0.1) is 66.2 Å². The molecule has 21 aromatic carbocycles. The van der Waals surface area contributed by atoms with Crippen LogP contribution in [-0.2, 0) is 33.6 Å². The molecule has 0 N–H and O–H groups in total. The highest BCUT2D eigenvalue weighted by atomic mass is 15.0. The Hall–Kier alpha value is -18.0. The second kappa shape index (κ2) is 36.3. The minimum absolute atomic E-state index is 0.0740. The third-order valence-corrected chi connectivity index (χ3v) is 31.9. The van der Waals surface area contributed by atoms with Crippen LogP contribution in [0, 0.1) is 33.1 Å². The number of hydrogen-bond donors (Lipinski definition) is 0. The van der Waals surface area contributed by atoms with Crippen LogP contribution in [0.15, 0.2) is 455 Å². The lowest BCUT2D eigenvalue weighted by Crippen LogP contribution is -2.25. The second-order valence-corrected chi connectivity index (χ2v) is 43.0. The molecule has 8 heterocycles. The van der Waals surface area contributed by atoms with Crippen LogP contribution < -0.4 is 0 Å². The topological polar surface area (TPSA) is 39.4 Å². The van der Waals surface area contributed by atoms with E-state index in [1.54, 1.807) is 0 Å². The van der Waals surface area contributed by atoms with Gasteiger partial charge in [0.2, 0.25) is 0 Å². The number of aryl methyl sites for hydroxylation is 8. The summed E-state index contributed by atoms with van der Waals surface area (Å²) in [5.41, 5.74) is 44.4. The van der Waals surface area contributed by atoms with Crippen molar-refractivity contribution in [3.05, 3.63) is 483 Å². The van der Waals surface area contributed by atoms with Crippen molar-refractivity contribution in [2.45, 2.75) is 74.1 Å². The zero-order valence-electron chi connectivity index (χ0n) is 87.1. The number of fused-ring (bicyclic) bond motifs is 28. The molecule has 0 saturated carbocycles. The molecule has 0 unspecified atom stereocenters. The Labute approximate surface area is 873 Å². The van der Waals surface area contributed by atoms with E-state index in [2.05, 4.69) is 582 Å². The summed E-state index contributed by atoms with van der Waals surface area (Å²) in [5, 5.41) is 20.9. The van der Waals surface area contributed by atoms with Crippen molar-refractivity contribution in [2.75, 3.05) is 0 Å². The molecule has 0 radical (unpaired) electrons. The molecule has 29 rings (SSSR count). The van der Waals surface area contributed by atoms with E-state index in [0.29, 0.717) is 0 Å². The fourth-order valence-corrected chi connectivity index (χ4v) is 25.9. The van der Waals surface area contributed by atoms with Gasteiger partial charge in [0.1, 0.15) is 0 Å². The van der Waals surface area contributed by atoms with Gasteiger partial charge in [-0.3, -0.25) is 0 Å². The largest absolute Gasteiger partial charge is 0.343 e. The summed E-state index contributed by atoms with van der Waals surface area (Å²) < 4.78 is 19.3. The third kappa shape index (κ3) is 15.0. The van der Waals surface area contributed by atoms with Crippen molar-refractivity contribution in [3.63, 3.8) is 0 Å². The number of aromatic nitrogens is 8. The smallest absolute Gasteiger partial charge is 0.0641 e. The van der Waals surface area contributed by atoms with E-state index in [1.807, 2.05) is 0 Å². The summed E-state index contributed by atoms with van der Waals surface area (Å²) in [6.07, 6.45) is 1.12. The molecule has 724 valence electrons. The molecule has 0 fully saturated rings. The lowest BCUT2D eigenvalue weighted by molar-refractivity contribution is 0.284. The fraction of sp³-hybridized carbons (Fsp3) is 0.113.